The quantitative estimate of drug-likeness (QED) is 0.683. The molecule has 4 heteroatoms. The first-order valence-corrected chi connectivity index (χ1v) is 5.87. The van der Waals surface area contributed by atoms with E-state index in [1.807, 2.05) is 4.90 Å². The van der Waals surface area contributed by atoms with Gasteiger partial charge in [0.1, 0.15) is 6.61 Å². The van der Waals surface area contributed by atoms with Gasteiger partial charge >= 0.3 is 0 Å². The summed E-state index contributed by atoms with van der Waals surface area (Å²) in [5.41, 5.74) is -0.0203. The van der Waals surface area contributed by atoms with E-state index in [2.05, 4.69) is 12.2 Å². The highest BCUT2D eigenvalue weighted by Gasteiger charge is 2.42. The number of carbonyl (C=O) groups excluding carboxylic acids is 1. The Balaban J connectivity index is 2.17. The summed E-state index contributed by atoms with van der Waals surface area (Å²) >= 11 is 0. The monoisotopic (exact) mass is 212 g/mol. The molecule has 2 saturated heterocycles. The highest BCUT2D eigenvalue weighted by molar-refractivity contribution is 5.79. The van der Waals surface area contributed by atoms with Crippen molar-refractivity contribution in [2.75, 3.05) is 32.8 Å². The lowest BCUT2D eigenvalue weighted by Gasteiger charge is -2.46. The Hall–Kier alpha value is -0.610. The zero-order chi connectivity index (χ0) is 10.7. The van der Waals surface area contributed by atoms with Gasteiger partial charge in [-0.2, -0.15) is 0 Å². The Bertz CT molecular complexity index is 235. The smallest absolute Gasteiger partial charge is 0.249 e. The molecular weight excluding hydrogens is 192 g/mol. The number of hydrogen-bond donors (Lipinski definition) is 1. The zero-order valence-corrected chi connectivity index (χ0v) is 9.42. The summed E-state index contributed by atoms with van der Waals surface area (Å²) in [5, 5.41) is 3.38. The van der Waals surface area contributed by atoms with Crippen molar-refractivity contribution < 1.29 is 9.53 Å². The van der Waals surface area contributed by atoms with Gasteiger partial charge in [0.25, 0.3) is 0 Å². The molecular formula is C11H20N2O2. The van der Waals surface area contributed by atoms with Gasteiger partial charge in [-0.25, -0.2) is 0 Å². The normalized spacial score (nSPS) is 33.1. The number of morpholine rings is 1. The summed E-state index contributed by atoms with van der Waals surface area (Å²) in [4.78, 5) is 13.8. The van der Waals surface area contributed by atoms with E-state index in [9.17, 15) is 4.79 Å². The maximum atomic E-state index is 11.8. The number of nitrogens with zero attached hydrogens (tertiary/aromatic N) is 1. The molecule has 86 valence electrons. The summed E-state index contributed by atoms with van der Waals surface area (Å²) in [5.74, 6) is 0.158. The van der Waals surface area contributed by atoms with Gasteiger partial charge in [0, 0.05) is 6.54 Å². The lowest BCUT2D eigenvalue weighted by molar-refractivity contribution is -0.158. The van der Waals surface area contributed by atoms with Crippen LogP contribution in [0.1, 0.15) is 26.2 Å². The van der Waals surface area contributed by atoms with Crippen molar-refractivity contribution in [1.29, 1.82) is 0 Å². The Morgan fingerprint density at radius 2 is 2.33 bits per heavy atom. The molecule has 1 N–H and O–H groups in total. The highest BCUT2D eigenvalue weighted by atomic mass is 16.5. The first-order valence-electron chi connectivity index (χ1n) is 5.87. The number of hydrogen-bond acceptors (Lipinski definition) is 3. The van der Waals surface area contributed by atoms with Crippen molar-refractivity contribution in [2.24, 2.45) is 0 Å². The summed E-state index contributed by atoms with van der Waals surface area (Å²) in [6.07, 6.45) is 3.22. The van der Waals surface area contributed by atoms with Crippen LogP contribution in [0.3, 0.4) is 0 Å². The van der Waals surface area contributed by atoms with Gasteiger partial charge in [0.05, 0.1) is 12.1 Å². The molecule has 0 aliphatic carbocycles. The number of amides is 1. The molecule has 0 saturated carbocycles. The van der Waals surface area contributed by atoms with Gasteiger partial charge in [-0.15, -0.1) is 0 Å². The third kappa shape index (κ3) is 2.01. The van der Waals surface area contributed by atoms with Crippen molar-refractivity contribution in [3.8, 4) is 0 Å². The molecule has 15 heavy (non-hydrogen) atoms. The fraction of sp³-hybridized carbons (Fsp3) is 0.909. The lowest BCUT2D eigenvalue weighted by Crippen LogP contribution is -2.59. The second-order valence-electron chi connectivity index (χ2n) is 4.46. The number of rotatable bonds is 1. The molecule has 1 atom stereocenters. The van der Waals surface area contributed by atoms with E-state index in [4.69, 9.17) is 4.74 Å². The molecule has 2 aliphatic heterocycles. The molecule has 4 nitrogen and oxygen atoms in total. The van der Waals surface area contributed by atoms with Gasteiger partial charge in [-0.3, -0.25) is 4.79 Å². The minimum absolute atomic E-state index is 0.0203. The third-order valence-electron chi connectivity index (χ3n) is 3.55. The Kier molecular flexibility index (Phi) is 3.26. The van der Waals surface area contributed by atoms with Crippen molar-refractivity contribution in [1.82, 2.24) is 10.2 Å². The molecule has 1 amide bonds. The predicted molar refractivity (Wildman–Crippen MR) is 57.7 cm³/mol. The van der Waals surface area contributed by atoms with E-state index in [1.54, 1.807) is 0 Å². The van der Waals surface area contributed by atoms with Crippen LogP contribution >= 0.6 is 0 Å². The maximum absolute atomic E-state index is 11.8. The van der Waals surface area contributed by atoms with Gasteiger partial charge in [-0.1, -0.05) is 0 Å². The zero-order valence-electron chi connectivity index (χ0n) is 9.42. The molecule has 2 rings (SSSR count). The van der Waals surface area contributed by atoms with Crippen LogP contribution in [0, 0.1) is 0 Å². The summed E-state index contributed by atoms with van der Waals surface area (Å²) in [6, 6.07) is 0. The van der Waals surface area contributed by atoms with E-state index in [0.717, 1.165) is 38.9 Å². The van der Waals surface area contributed by atoms with Crippen molar-refractivity contribution >= 4 is 5.91 Å². The number of carbonyl (C=O) groups is 1. The topological polar surface area (TPSA) is 41.6 Å². The van der Waals surface area contributed by atoms with Crippen LogP contribution < -0.4 is 5.32 Å². The summed E-state index contributed by atoms with van der Waals surface area (Å²) in [7, 11) is 0. The molecule has 2 heterocycles. The van der Waals surface area contributed by atoms with Crippen LogP contribution in [0.15, 0.2) is 0 Å². The average molecular weight is 212 g/mol. The molecule has 0 radical (unpaired) electrons. The Morgan fingerprint density at radius 1 is 1.47 bits per heavy atom. The molecule has 0 aromatic heterocycles. The van der Waals surface area contributed by atoms with Crippen LogP contribution in [-0.4, -0.2) is 49.2 Å². The molecule has 1 unspecified atom stereocenters. The van der Waals surface area contributed by atoms with Crippen molar-refractivity contribution in [3.63, 3.8) is 0 Å². The van der Waals surface area contributed by atoms with Crippen molar-refractivity contribution in [3.05, 3.63) is 0 Å². The Labute approximate surface area is 91.0 Å². The highest BCUT2D eigenvalue weighted by Crippen LogP contribution is 2.30. The van der Waals surface area contributed by atoms with Crippen LogP contribution in [0.2, 0.25) is 0 Å². The molecule has 2 aliphatic rings. The number of nitrogens with one attached hydrogen (secondary N) is 1. The molecule has 0 bridgehead atoms. The SMILES string of the molecule is CCN1C(=O)COCC12CCCNCC2. The van der Waals surface area contributed by atoms with Gasteiger partial charge in [0.15, 0.2) is 0 Å². The van der Waals surface area contributed by atoms with E-state index < -0.39 is 0 Å². The predicted octanol–water partition coefficient (Wildman–Crippen LogP) is 0.377. The van der Waals surface area contributed by atoms with E-state index in [1.165, 1.54) is 0 Å². The molecule has 0 aromatic rings. The maximum Gasteiger partial charge on any atom is 0.249 e. The minimum atomic E-state index is -0.0203. The molecule has 0 aromatic carbocycles. The van der Waals surface area contributed by atoms with E-state index >= 15 is 0 Å². The Morgan fingerprint density at radius 3 is 3.13 bits per heavy atom. The van der Waals surface area contributed by atoms with Gasteiger partial charge in [-0.05, 0) is 39.3 Å². The first-order chi connectivity index (χ1) is 7.28. The van der Waals surface area contributed by atoms with Crippen molar-refractivity contribution in [2.45, 2.75) is 31.7 Å². The van der Waals surface area contributed by atoms with Crippen LogP contribution in [-0.2, 0) is 9.53 Å². The van der Waals surface area contributed by atoms with Crippen LogP contribution in [0.4, 0.5) is 0 Å². The van der Waals surface area contributed by atoms with E-state index in [0.29, 0.717) is 6.61 Å². The second-order valence-corrected chi connectivity index (χ2v) is 4.46. The average Bonchev–Trinajstić information content (AvgIpc) is 2.45. The number of ether oxygens (including phenoxy) is 1. The number of likely N-dealkylation sites (N-methyl/N-ethyl adjacent to an activating group) is 1. The summed E-state index contributed by atoms with van der Waals surface area (Å²) < 4.78 is 5.44. The van der Waals surface area contributed by atoms with Crippen LogP contribution in [0.25, 0.3) is 0 Å². The standard InChI is InChI=1S/C11H20N2O2/c1-2-13-10(14)8-15-9-11(13)4-3-6-12-7-5-11/h12H,2-9H2,1H3. The fourth-order valence-corrected chi connectivity index (χ4v) is 2.79. The van der Waals surface area contributed by atoms with Gasteiger partial charge < -0.3 is 15.0 Å². The van der Waals surface area contributed by atoms with E-state index in [-0.39, 0.29) is 18.1 Å². The summed E-state index contributed by atoms with van der Waals surface area (Å²) in [6.45, 7) is 5.91. The molecule has 1 spiro atoms. The largest absolute Gasteiger partial charge is 0.369 e. The first kappa shape index (κ1) is 10.9. The molecule has 2 fully saturated rings. The fourth-order valence-electron chi connectivity index (χ4n) is 2.79. The van der Waals surface area contributed by atoms with Crippen LogP contribution in [0.5, 0.6) is 0 Å². The third-order valence-corrected chi connectivity index (χ3v) is 3.55. The minimum Gasteiger partial charge on any atom is -0.369 e. The lowest BCUT2D eigenvalue weighted by atomic mass is 9.88. The second kappa shape index (κ2) is 4.49. The van der Waals surface area contributed by atoms with Gasteiger partial charge in [0.2, 0.25) is 5.91 Å².